The molecule has 0 N–H and O–H groups in total. The van der Waals surface area contributed by atoms with Crippen LogP contribution in [-0.2, 0) is 11.8 Å². The van der Waals surface area contributed by atoms with E-state index < -0.39 is 11.9 Å². The number of furan rings is 1. The average molecular weight is 374 g/mol. The molecule has 1 aromatic carbocycles. The summed E-state index contributed by atoms with van der Waals surface area (Å²) in [6, 6.07) is 7.02. The molecule has 0 aliphatic carbocycles. The molecule has 3 aromatic rings. The van der Waals surface area contributed by atoms with Crippen LogP contribution in [0.5, 0.6) is 5.75 Å². The molecule has 0 aliphatic rings. The third kappa shape index (κ3) is 3.15. The molecule has 3 rings (SSSR count). The molecule has 0 bridgehead atoms. The van der Waals surface area contributed by atoms with Crippen LogP contribution >= 0.6 is 11.3 Å². The number of fused-ring (bicyclic) bond motifs is 1. The highest BCUT2D eigenvalue weighted by Gasteiger charge is 2.18. The Labute approximate surface area is 153 Å². The molecule has 0 saturated heterocycles. The number of ether oxygens (including phenoxy) is 2. The second-order valence-corrected chi connectivity index (χ2v) is 6.46. The maximum atomic E-state index is 12.5. The second kappa shape index (κ2) is 7.17. The summed E-state index contributed by atoms with van der Waals surface area (Å²) in [7, 11) is 3.27. The minimum Gasteiger partial charge on any atom is -0.493 e. The van der Waals surface area contributed by atoms with Crippen molar-refractivity contribution in [2.75, 3.05) is 13.7 Å². The van der Waals surface area contributed by atoms with Gasteiger partial charge in [-0.1, -0.05) is 23.5 Å². The van der Waals surface area contributed by atoms with Crippen LogP contribution in [0.4, 0.5) is 0 Å². The normalized spacial score (nSPS) is 11.8. The lowest BCUT2D eigenvalue weighted by Crippen LogP contribution is -2.14. The highest BCUT2D eigenvalue weighted by molar-refractivity contribution is 7.11. The lowest BCUT2D eigenvalue weighted by Gasteiger charge is -2.00. The topological polar surface area (TPSA) is 83.0 Å². The Bertz CT molecular complexity index is 1060. The van der Waals surface area contributed by atoms with E-state index in [-0.39, 0.29) is 12.4 Å². The largest absolute Gasteiger partial charge is 0.493 e. The van der Waals surface area contributed by atoms with Crippen LogP contribution in [0.1, 0.15) is 32.8 Å². The first-order valence-corrected chi connectivity index (χ1v) is 8.77. The fourth-order valence-electron chi connectivity index (χ4n) is 2.46. The Hall–Kier alpha value is -2.87. The van der Waals surface area contributed by atoms with Crippen molar-refractivity contribution >= 4 is 34.2 Å². The van der Waals surface area contributed by atoms with Gasteiger partial charge < -0.3 is 18.5 Å². The molecular formula is C18H18N2O5S. The van der Waals surface area contributed by atoms with Gasteiger partial charge in [0.1, 0.15) is 4.88 Å². The van der Waals surface area contributed by atoms with E-state index in [1.807, 2.05) is 12.1 Å². The number of thiazole rings is 1. The summed E-state index contributed by atoms with van der Waals surface area (Å²) in [6.07, 6.45) is 0. The molecule has 2 aromatic heterocycles. The molecule has 0 fully saturated rings. The molecule has 0 spiro atoms. The molecule has 0 aliphatic heterocycles. The fourth-order valence-corrected chi connectivity index (χ4v) is 3.47. The molecule has 0 atom stereocenters. The summed E-state index contributed by atoms with van der Waals surface area (Å²) in [5, 5.41) is 0.752. The van der Waals surface area contributed by atoms with Gasteiger partial charge in [0.15, 0.2) is 21.9 Å². The number of hydrogen-bond donors (Lipinski definition) is 0. The predicted octanol–water partition coefficient (Wildman–Crippen LogP) is 3.07. The zero-order valence-corrected chi connectivity index (χ0v) is 15.7. The summed E-state index contributed by atoms with van der Waals surface area (Å²) in [4.78, 5) is 29.4. The summed E-state index contributed by atoms with van der Waals surface area (Å²) in [5.41, 5.74) is 1.18. The number of amides is 1. The van der Waals surface area contributed by atoms with Crippen LogP contribution < -0.4 is 9.54 Å². The fraction of sp³-hybridized carbons (Fsp3) is 0.278. The molecule has 1 amide bonds. The van der Waals surface area contributed by atoms with E-state index in [9.17, 15) is 9.59 Å². The summed E-state index contributed by atoms with van der Waals surface area (Å²) in [5.74, 6) is -0.305. The van der Waals surface area contributed by atoms with Crippen molar-refractivity contribution in [1.29, 1.82) is 0 Å². The third-order valence-electron chi connectivity index (χ3n) is 3.91. The van der Waals surface area contributed by atoms with Crippen molar-refractivity contribution in [1.82, 2.24) is 4.57 Å². The number of aromatic nitrogens is 1. The molecule has 26 heavy (non-hydrogen) atoms. The highest BCUT2D eigenvalue weighted by Crippen LogP contribution is 2.28. The lowest BCUT2D eigenvalue weighted by atomic mass is 10.2. The number of carbonyl (C=O) groups excluding carboxylic acids is 2. The van der Waals surface area contributed by atoms with Crippen molar-refractivity contribution in [2.24, 2.45) is 12.0 Å². The summed E-state index contributed by atoms with van der Waals surface area (Å²) < 4.78 is 17.6. The zero-order chi connectivity index (χ0) is 18.8. The third-order valence-corrected chi connectivity index (χ3v) is 5.12. The van der Waals surface area contributed by atoms with Crippen molar-refractivity contribution in [3.05, 3.63) is 45.4 Å². The quantitative estimate of drug-likeness (QED) is 0.656. The number of methoxy groups -OCH3 is 1. The van der Waals surface area contributed by atoms with Gasteiger partial charge in [0.2, 0.25) is 0 Å². The number of nitrogens with zero attached hydrogens (tertiary/aromatic N) is 2. The van der Waals surface area contributed by atoms with E-state index in [1.54, 1.807) is 37.6 Å². The average Bonchev–Trinajstić information content (AvgIpc) is 3.18. The first-order chi connectivity index (χ1) is 12.5. The molecule has 136 valence electrons. The van der Waals surface area contributed by atoms with Crippen LogP contribution in [0.15, 0.2) is 33.7 Å². The van der Waals surface area contributed by atoms with Gasteiger partial charge in [-0.2, -0.15) is 4.99 Å². The SMILES string of the molecule is CCOC(=O)c1sc(=NC(=O)c2cc3cccc(OC)c3o2)n(C)c1C. The van der Waals surface area contributed by atoms with Crippen LogP contribution in [0.25, 0.3) is 11.0 Å². The number of para-hydroxylation sites is 1. The maximum Gasteiger partial charge on any atom is 0.350 e. The first-order valence-electron chi connectivity index (χ1n) is 7.95. The number of hydrogen-bond acceptors (Lipinski definition) is 6. The molecule has 0 radical (unpaired) electrons. The van der Waals surface area contributed by atoms with Gasteiger partial charge in [-0.15, -0.1) is 0 Å². The molecule has 8 heteroatoms. The van der Waals surface area contributed by atoms with E-state index in [0.717, 1.165) is 16.7 Å². The molecule has 2 heterocycles. The van der Waals surface area contributed by atoms with Gasteiger partial charge in [0, 0.05) is 18.1 Å². The van der Waals surface area contributed by atoms with Gasteiger partial charge in [0.25, 0.3) is 0 Å². The minimum atomic E-state index is -0.532. The smallest absolute Gasteiger partial charge is 0.350 e. The number of rotatable bonds is 4. The number of carbonyl (C=O) groups is 2. The highest BCUT2D eigenvalue weighted by atomic mass is 32.1. The van der Waals surface area contributed by atoms with E-state index in [0.29, 0.717) is 26.7 Å². The van der Waals surface area contributed by atoms with Gasteiger partial charge in [-0.25, -0.2) is 4.79 Å². The lowest BCUT2D eigenvalue weighted by molar-refractivity contribution is 0.0530. The first kappa shape index (κ1) is 17.9. The van der Waals surface area contributed by atoms with E-state index in [2.05, 4.69) is 4.99 Å². The Kier molecular flexibility index (Phi) is 4.94. The zero-order valence-electron chi connectivity index (χ0n) is 14.9. The van der Waals surface area contributed by atoms with Crippen molar-refractivity contribution in [3.63, 3.8) is 0 Å². The van der Waals surface area contributed by atoms with Crippen LogP contribution in [0.3, 0.4) is 0 Å². The standard InChI is InChI=1S/C18H18N2O5S/c1-5-24-17(22)15-10(2)20(3)18(26-15)19-16(21)13-9-11-7-6-8-12(23-4)14(11)25-13/h6-9H,5H2,1-4H3. The monoisotopic (exact) mass is 374 g/mol. The molecule has 0 saturated carbocycles. The summed E-state index contributed by atoms with van der Waals surface area (Å²) >= 11 is 1.11. The Morgan fingerprint density at radius 1 is 1.35 bits per heavy atom. The van der Waals surface area contributed by atoms with Gasteiger partial charge in [-0.3, -0.25) is 4.79 Å². The van der Waals surface area contributed by atoms with Crippen molar-refractivity contribution < 1.29 is 23.5 Å². The Balaban J connectivity index is 2.02. The molecule has 7 nitrogen and oxygen atoms in total. The van der Waals surface area contributed by atoms with Crippen LogP contribution in [0, 0.1) is 6.92 Å². The maximum absolute atomic E-state index is 12.5. The molecule has 0 unspecified atom stereocenters. The van der Waals surface area contributed by atoms with Crippen molar-refractivity contribution in [3.8, 4) is 5.75 Å². The number of esters is 1. The Morgan fingerprint density at radius 2 is 2.12 bits per heavy atom. The van der Waals surface area contributed by atoms with E-state index in [4.69, 9.17) is 13.9 Å². The number of benzene rings is 1. The van der Waals surface area contributed by atoms with Gasteiger partial charge >= 0.3 is 11.9 Å². The summed E-state index contributed by atoms with van der Waals surface area (Å²) in [6.45, 7) is 3.80. The van der Waals surface area contributed by atoms with Gasteiger partial charge in [-0.05, 0) is 26.0 Å². The Morgan fingerprint density at radius 3 is 2.81 bits per heavy atom. The second-order valence-electron chi connectivity index (χ2n) is 5.48. The predicted molar refractivity (Wildman–Crippen MR) is 96.6 cm³/mol. The van der Waals surface area contributed by atoms with E-state index >= 15 is 0 Å². The van der Waals surface area contributed by atoms with Gasteiger partial charge in [0.05, 0.1) is 13.7 Å². The minimum absolute atomic E-state index is 0.105. The van der Waals surface area contributed by atoms with Crippen LogP contribution in [-0.4, -0.2) is 30.2 Å². The van der Waals surface area contributed by atoms with E-state index in [1.165, 1.54) is 7.11 Å². The molecular weight excluding hydrogens is 356 g/mol. The van der Waals surface area contributed by atoms with Crippen molar-refractivity contribution in [2.45, 2.75) is 13.8 Å². The van der Waals surface area contributed by atoms with Crippen LogP contribution in [0.2, 0.25) is 0 Å².